The second kappa shape index (κ2) is 9.15. The van der Waals surface area contributed by atoms with Crippen molar-refractivity contribution in [3.8, 4) is 5.75 Å². The molecule has 0 aliphatic carbocycles. The first kappa shape index (κ1) is 18.1. The van der Waals surface area contributed by atoms with Crippen LogP contribution >= 0.6 is 0 Å². The van der Waals surface area contributed by atoms with Gasteiger partial charge in [0.05, 0.1) is 25.6 Å². The van der Waals surface area contributed by atoms with Crippen LogP contribution in [0.3, 0.4) is 0 Å². The lowest BCUT2D eigenvalue weighted by Crippen LogP contribution is -2.32. The fourth-order valence-corrected chi connectivity index (χ4v) is 2.77. The van der Waals surface area contributed by atoms with Gasteiger partial charge in [0, 0.05) is 19.7 Å². The quantitative estimate of drug-likeness (QED) is 0.753. The zero-order valence-electron chi connectivity index (χ0n) is 14.9. The SMILES string of the molecule is COc1ccc(CCNc2cnc(C(=O)NCC3CCCO3)cn2)cc1. The minimum absolute atomic E-state index is 0.116. The third-order valence-electron chi connectivity index (χ3n) is 4.28. The fraction of sp³-hybridized carbons (Fsp3) is 0.421. The summed E-state index contributed by atoms with van der Waals surface area (Å²) in [6.07, 6.45) is 6.08. The normalized spacial score (nSPS) is 16.3. The second-order valence-corrected chi connectivity index (χ2v) is 6.16. The summed E-state index contributed by atoms with van der Waals surface area (Å²) in [4.78, 5) is 20.5. The van der Waals surface area contributed by atoms with E-state index >= 15 is 0 Å². The Morgan fingerprint density at radius 1 is 1.27 bits per heavy atom. The predicted molar refractivity (Wildman–Crippen MR) is 98.5 cm³/mol. The monoisotopic (exact) mass is 356 g/mol. The first-order valence-corrected chi connectivity index (χ1v) is 8.83. The molecule has 1 unspecified atom stereocenters. The number of benzene rings is 1. The molecule has 1 fully saturated rings. The number of nitrogens with one attached hydrogen (secondary N) is 2. The molecule has 0 saturated carbocycles. The van der Waals surface area contributed by atoms with Crippen molar-refractivity contribution in [2.45, 2.75) is 25.4 Å². The maximum absolute atomic E-state index is 12.1. The number of amides is 1. The summed E-state index contributed by atoms with van der Waals surface area (Å²) in [5.74, 6) is 1.27. The van der Waals surface area contributed by atoms with Crippen molar-refractivity contribution in [1.82, 2.24) is 15.3 Å². The van der Waals surface area contributed by atoms with Crippen molar-refractivity contribution < 1.29 is 14.3 Å². The van der Waals surface area contributed by atoms with E-state index in [0.717, 1.165) is 38.2 Å². The molecule has 7 nitrogen and oxygen atoms in total. The molecular weight excluding hydrogens is 332 g/mol. The van der Waals surface area contributed by atoms with E-state index < -0.39 is 0 Å². The van der Waals surface area contributed by atoms with Crippen molar-refractivity contribution in [3.05, 3.63) is 47.9 Å². The Hall–Kier alpha value is -2.67. The number of ether oxygens (including phenoxy) is 2. The molecule has 1 atom stereocenters. The van der Waals surface area contributed by atoms with E-state index in [2.05, 4.69) is 20.6 Å². The van der Waals surface area contributed by atoms with Crippen LogP contribution in [0, 0.1) is 0 Å². The Morgan fingerprint density at radius 2 is 2.12 bits per heavy atom. The van der Waals surface area contributed by atoms with Gasteiger partial charge in [-0.2, -0.15) is 0 Å². The van der Waals surface area contributed by atoms with Gasteiger partial charge in [0.25, 0.3) is 5.91 Å². The molecule has 7 heteroatoms. The minimum atomic E-state index is -0.224. The Balaban J connectivity index is 1.42. The second-order valence-electron chi connectivity index (χ2n) is 6.16. The first-order valence-electron chi connectivity index (χ1n) is 8.83. The molecular formula is C19H24N4O3. The third-order valence-corrected chi connectivity index (χ3v) is 4.28. The third kappa shape index (κ3) is 5.16. The highest BCUT2D eigenvalue weighted by Crippen LogP contribution is 2.12. The molecule has 1 amide bonds. The van der Waals surface area contributed by atoms with Crippen LogP contribution in [0.25, 0.3) is 0 Å². The number of nitrogens with zero attached hydrogens (tertiary/aromatic N) is 2. The van der Waals surface area contributed by atoms with Crippen LogP contribution in [0.2, 0.25) is 0 Å². The summed E-state index contributed by atoms with van der Waals surface area (Å²) in [5, 5.41) is 6.05. The molecule has 2 N–H and O–H groups in total. The van der Waals surface area contributed by atoms with Gasteiger partial charge in [-0.3, -0.25) is 4.79 Å². The Labute approximate surface area is 153 Å². The van der Waals surface area contributed by atoms with Crippen LogP contribution in [0.5, 0.6) is 5.75 Å². The molecule has 1 aliphatic rings. The summed E-state index contributed by atoms with van der Waals surface area (Å²) in [7, 11) is 1.65. The largest absolute Gasteiger partial charge is 0.497 e. The van der Waals surface area contributed by atoms with E-state index in [4.69, 9.17) is 9.47 Å². The van der Waals surface area contributed by atoms with E-state index in [-0.39, 0.29) is 12.0 Å². The van der Waals surface area contributed by atoms with Crippen LogP contribution in [0.15, 0.2) is 36.7 Å². The van der Waals surface area contributed by atoms with Crippen molar-refractivity contribution >= 4 is 11.7 Å². The highest BCUT2D eigenvalue weighted by molar-refractivity contribution is 5.92. The lowest BCUT2D eigenvalue weighted by molar-refractivity contribution is 0.0853. The number of hydrogen-bond acceptors (Lipinski definition) is 6. The molecule has 0 radical (unpaired) electrons. The highest BCUT2D eigenvalue weighted by atomic mass is 16.5. The summed E-state index contributed by atoms with van der Waals surface area (Å²) in [6.45, 7) is 2.02. The number of carbonyl (C=O) groups excluding carboxylic acids is 1. The van der Waals surface area contributed by atoms with E-state index in [9.17, 15) is 4.79 Å². The smallest absolute Gasteiger partial charge is 0.271 e. The number of hydrogen-bond donors (Lipinski definition) is 2. The van der Waals surface area contributed by atoms with Gasteiger partial charge in [0.2, 0.25) is 0 Å². The lowest BCUT2D eigenvalue weighted by atomic mass is 10.1. The van der Waals surface area contributed by atoms with Gasteiger partial charge >= 0.3 is 0 Å². The van der Waals surface area contributed by atoms with Gasteiger partial charge in [-0.05, 0) is 37.0 Å². The molecule has 26 heavy (non-hydrogen) atoms. The predicted octanol–water partition coefficient (Wildman–Crippen LogP) is 2.05. The lowest BCUT2D eigenvalue weighted by Gasteiger charge is -2.10. The molecule has 1 aromatic carbocycles. The van der Waals surface area contributed by atoms with Crippen LogP contribution in [0.1, 0.15) is 28.9 Å². The number of methoxy groups -OCH3 is 1. The molecule has 2 aromatic rings. The summed E-state index contributed by atoms with van der Waals surface area (Å²) in [5.41, 5.74) is 1.51. The average Bonchev–Trinajstić information content (AvgIpc) is 3.21. The average molecular weight is 356 g/mol. The van der Waals surface area contributed by atoms with Crippen LogP contribution in [-0.4, -0.2) is 48.8 Å². The molecule has 0 bridgehead atoms. The van der Waals surface area contributed by atoms with Crippen molar-refractivity contribution in [3.63, 3.8) is 0 Å². The summed E-state index contributed by atoms with van der Waals surface area (Å²) in [6, 6.07) is 7.96. The van der Waals surface area contributed by atoms with Gasteiger partial charge < -0.3 is 20.1 Å². The molecule has 3 rings (SSSR count). The number of aromatic nitrogens is 2. The molecule has 0 spiro atoms. The van der Waals surface area contributed by atoms with E-state index in [1.165, 1.54) is 11.8 Å². The molecule has 1 saturated heterocycles. The maximum atomic E-state index is 12.1. The van der Waals surface area contributed by atoms with Crippen LogP contribution in [-0.2, 0) is 11.2 Å². The van der Waals surface area contributed by atoms with Crippen molar-refractivity contribution in [1.29, 1.82) is 0 Å². The Morgan fingerprint density at radius 3 is 2.77 bits per heavy atom. The van der Waals surface area contributed by atoms with E-state index in [1.807, 2.05) is 24.3 Å². The van der Waals surface area contributed by atoms with Crippen molar-refractivity contribution in [2.24, 2.45) is 0 Å². The number of carbonyl (C=O) groups is 1. The Kier molecular flexibility index (Phi) is 6.38. The Bertz CT molecular complexity index is 698. The van der Waals surface area contributed by atoms with Gasteiger partial charge in [0.1, 0.15) is 17.3 Å². The fourth-order valence-electron chi connectivity index (χ4n) is 2.77. The van der Waals surface area contributed by atoms with Crippen LogP contribution in [0.4, 0.5) is 5.82 Å². The number of anilines is 1. The molecule has 1 aromatic heterocycles. The summed E-state index contributed by atoms with van der Waals surface area (Å²) >= 11 is 0. The van der Waals surface area contributed by atoms with Gasteiger partial charge in [-0.25, -0.2) is 9.97 Å². The topological polar surface area (TPSA) is 85.4 Å². The van der Waals surface area contributed by atoms with E-state index in [0.29, 0.717) is 18.1 Å². The number of rotatable bonds is 8. The molecule has 2 heterocycles. The zero-order valence-corrected chi connectivity index (χ0v) is 14.9. The van der Waals surface area contributed by atoms with Gasteiger partial charge in [-0.1, -0.05) is 12.1 Å². The summed E-state index contributed by atoms with van der Waals surface area (Å²) < 4.78 is 10.6. The minimum Gasteiger partial charge on any atom is -0.497 e. The van der Waals surface area contributed by atoms with Gasteiger partial charge in [0.15, 0.2) is 0 Å². The maximum Gasteiger partial charge on any atom is 0.271 e. The zero-order chi connectivity index (χ0) is 18.2. The van der Waals surface area contributed by atoms with E-state index in [1.54, 1.807) is 13.3 Å². The molecule has 1 aliphatic heterocycles. The first-order chi connectivity index (χ1) is 12.7. The van der Waals surface area contributed by atoms with Crippen LogP contribution < -0.4 is 15.4 Å². The molecule has 138 valence electrons. The van der Waals surface area contributed by atoms with Crippen molar-refractivity contribution in [2.75, 3.05) is 32.1 Å². The standard InChI is InChI=1S/C19H24N4O3/c1-25-15-6-4-14(5-7-15)8-9-20-18-13-21-17(12-22-18)19(24)23-11-16-3-2-10-26-16/h4-7,12-13,16H,2-3,8-11H2,1H3,(H,20,22)(H,23,24). The highest BCUT2D eigenvalue weighted by Gasteiger charge is 2.17. The van der Waals surface area contributed by atoms with Gasteiger partial charge in [-0.15, -0.1) is 0 Å².